The molecule has 0 radical (unpaired) electrons. The van der Waals surface area contributed by atoms with Crippen LogP contribution >= 0.6 is 11.6 Å². The Balaban J connectivity index is 2.06. The molecular formula is C16H15ClFNO2. The molecule has 0 bridgehead atoms. The first-order valence-corrected chi connectivity index (χ1v) is 6.88. The molecule has 0 aliphatic rings. The summed E-state index contributed by atoms with van der Waals surface area (Å²) in [6, 6.07) is 12.8. The number of nitrogens with one attached hydrogen (secondary N) is 1. The Morgan fingerprint density at radius 2 is 1.95 bits per heavy atom. The van der Waals surface area contributed by atoms with Crippen molar-refractivity contribution in [3.63, 3.8) is 0 Å². The molecule has 0 aromatic heterocycles. The summed E-state index contributed by atoms with van der Waals surface area (Å²) in [6.07, 6.45) is 0.471. The number of carbonyl (C=O) groups is 1. The van der Waals surface area contributed by atoms with Gasteiger partial charge >= 0.3 is 0 Å². The first-order valence-electron chi connectivity index (χ1n) is 6.51. The van der Waals surface area contributed by atoms with E-state index in [1.54, 1.807) is 0 Å². The number of aliphatic hydroxyl groups excluding tert-OH is 1. The van der Waals surface area contributed by atoms with E-state index in [9.17, 15) is 14.3 Å². The molecule has 1 atom stereocenters. The van der Waals surface area contributed by atoms with E-state index in [0.29, 0.717) is 6.42 Å². The fourth-order valence-corrected chi connectivity index (χ4v) is 2.16. The summed E-state index contributed by atoms with van der Waals surface area (Å²) in [5.74, 6) is -1.25. The average Bonchev–Trinajstić information content (AvgIpc) is 2.47. The summed E-state index contributed by atoms with van der Waals surface area (Å²) < 4.78 is 13.7. The van der Waals surface area contributed by atoms with Gasteiger partial charge in [0, 0.05) is 5.02 Å². The molecule has 2 aromatic carbocycles. The van der Waals surface area contributed by atoms with E-state index in [2.05, 4.69) is 5.32 Å². The Kier molecular flexibility index (Phi) is 5.31. The first-order chi connectivity index (χ1) is 10.1. The first kappa shape index (κ1) is 15.5. The van der Waals surface area contributed by atoms with Crippen LogP contribution in [-0.4, -0.2) is 23.7 Å². The Hall–Kier alpha value is -1.91. The van der Waals surface area contributed by atoms with Crippen LogP contribution in [0.3, 0.4) is 0 Å². The van der Waals surface area contributed by atoms with Crippen LogP contribution in [0.4, 0.5) is 4.39 Å². The third kappa shape index (κ3) is 4.28. The highest BCUT2D eigenvalue weighted by molar-refractivity contribution is 6.30. The number of hydrogen-bond donors (Lipinski definition) is 2. The van der Waals surface area contributed by atoms with Gasteiger partial charge in [-0.15, -0.1) is 0 Å². The lowest BCUT2D eigenvalue weighted by molar-refractivity contribution is 0.0912. The minimum atomic E-state index is -0.684. The molecule has 1 amide bonds. The summed E-state index contributed by atoms with van der Waals surface area (Å²) >= 11 is 5.65. The van der Waals surface area contributed by atoms with E-state index in [4.69, 9.17) is 11.6 Å². The number of hydrogen-bond acceptors (Lipinski definition) is 2. The predicted molar refractivity (Wildman–Crippen MR) is 79.9 cm³/mol. The summed E-state index contributed by atoms with van der Waals surface area (Å²) in [4.78, 5) is 12.0. The lowest BCUT2D eigenvalue weighted by atomic mass is 10.1. The lowest BCUT2D eigenvalue weighted by Crippen LogP contribution is -2.39. The van der Waals surface area contributed by atoms with Crippen LogP contribution < -0.4 is 5.32 Å². The van der Waals surface area contributed by atoms with Crippen molar-refractivity contribution in [2.45, 2.75) is 12.5 Å². The molecule has 0 saturated carbocycles. The number of carbonyl (C=O) groups excluding carboxylic acids is 1. The summed E-state index contributed by atoms with van der Waals surface area (Å²) in [5.41, 5.74) is 0.888. The molecule has 0 aliphatic carbocycles. The Morgan fingerprint density at radius 3 is 2.57 bits per heavy atom. The monoisotopic (exact) mass is 307 g/mol. The Labute approximate surface area is 127 Å². The van der Waals surface area contributed by atoms with Crippen molar-refractivity contribution in [1.29, 1.82) is 0 Å². The molecular weight excluding hydrogens is 293 g/mol. The van der Waals surface area contributed by atoms with Crippen LogP contribution in [0.2, 0.25) is 5.02 Å². The lowest BCUT2D eigenvalue weighted by Gasteiger charge is -2.16. The van der Waals surface area contributed by atoms with Gasteiger partial charge in [-0.1, -0.05) is 41.9 Å². The van der Waals surface area contributed by atoms with E-state index in [0.717, 1.165) is 11.6 Å². The topological polar surface area (TPSA) is 49.3 Å². The number of benzene rings is 2. The molecule has 0 aliphatic heterocycles. The van der Waals surface area contributed by atoms with Crippen LogP contribution in [-0.2, 0) is 6.42 Å². The Morgan fingerprint density at radius 1 is 1.24 bits per heavy atom. The summed E-state index contributed by atoms with van der Waals surface area (Å²) in [6.45, 7) is -0.226. The van der Waals surface area contributed by atoms with Crippen molar-refractivity contribution in [3.8, 4) is 0 Å². The van der Waals surface area contributed by atoms with Gasteiger partial charge < -0.3 is 10.4 Å². The second-order valence-corrected chi connectivity index (χ2v) is 5.10. The molecule has 0 saturated heterocycles. The van der Waals surface area contributed by atoms with Crippen molar-refractivity contribution in [2.75, 3.05) is 6.61 Å². The molecule has 0 spiro atoms. The van der Waals surface area contributed by atoms with Crippen molar-refractivity contribution in [3.05, 3.63) is 70.5 Å². The highest BCUT2D eigenvalue weighted by atomic mass is 35.5. The zero-order valence-corrected chi connectivity index (χ0v) is 12.0. The minimum Gasteiger partial charge on any atom is -0.394 e. The SMILES string of the molecule is O=C(N[C@@H](CO)Cc1ccccc1)c1ccc(Cl)cc1F. The fourth-order valence-electron chi connectivity index (χ4n) is 2.00. The van der Waals surface area contributed by atoms with E-state index >= 15 is 0 Å². The van der Waals surface area contributed by atoms with Crippen molar-refractivity contribution < 1.29 is 14.3 Å². The maximum absolute atomic E-state index is 13.7. The summed E-state index contributed by atoms with van der Waals surface area (Å²) in [5, 5.41) is 12.2. The third-order valence-corrected chi connectivity index (χ3v) is 3.29. The van der Waals surface area contributed by atoms with E-state index in [1.165, 1.54) is 12.1 Å². The molecule has 0 fully saturated rings. The van der Waals surface area contributed by atoms with Gasteiger partial charge in [0.1, 0.15) is 5.82 Å². The van der Waals surface area contributed by atoms with Crippen molar-refractivity contribution in [1.82, 2.24) is 5.32 Å². The van der Waals surface area contributed by atoms with Gasteiger partial charge in [0.2, 0.25) is 0 Å². The molecule has 3 nitrogen and oxygen atoms in total. The van der Waals surface area contributed by atoms with Crippen molar-refractivity contribution >= 4 is 17.5 Å². The van der Waals surface area contributed by atoms with Gasteiger partial charge in [-0.2, -0.15) is 0 Å². The van der Waals surface area contributed by atoms with Gasteiger partial charge in [-0.05, 0) is 30.2 Å². The average molecular weight is 308 g/mol. The van der Waals surface area contributed by atoms with E-state index in [1.807, 2.05) is 30.3 Å². The van der Waals surface area contributed by atoms with Crippen LogP contribution in [0.15, 0.2) is 48.5 Å². The zero-order chi connectivity index (χ0) is 15.2. The quantitative estimate of drug-likeness (QED) is 0.892. The smallest absolute Gasteiger partial charge is 0.254 e. The Bertz CT molecular complexity index is 619. The molecule has 0 unspecified atom stereocenters. The molecule has 110 valence electrons. The van der Waals surface area contributed by atoms with E-state index < -0.39 is 17.8 Å². The maximum atomic E-state index is 13.7. The van der Waals surface area contributed by atoms with Gasteiger partial charge in [-0.25, -0.2) is 4.39 Å². The third-order valence-electron chi connectivity index (χ3n) is 3.06. The van der Waals surface area contributed by atoms with E-state index in [-0.39, 0.29) is 17.2 Å². The number of aliphatic hydroxyl groups is 1. The second kappa shape index (κ2) is 7.20. The van der Waals surface area contributed by atoms with Gasteiger partial charge in [0.05, 0.1) is 18.2 Å². The molecule has 5 heteroatoms. The maximum Gasteiger partial charge on any atom is 0.254 e. The molecule has 2 N–H and O–H groups in total. The van der Waals surface area contributed by atoms with Crippen molar-refractivity contribution in [2.24, 2.45) is 0 Å². The molecule has 2 rings (SSSR count). The van der Waals surface area contributed by atoms with Gasteiger partial charge in [0.25, 0.3) is 5.91 Å². The number of amides is 1. The predicted octanol–water partition coefficient (Wildman–Crippen LogP) is 2.81. The number of rotatable bonds is 5. The fraction of sp³-hybridized carbons (Fsp3) is 0.188. The largest absolute Gasteiger partial charge is 0.394 e. The second-order valence-electron chi connectivity index (χ2n) is 4.67. The van der Waals surface area contributed by atoms with Gasteiger partial charge in [0.15, 0.2) is 0 Å². The molecule has 2 aromatic rings. The van der Waals surface area contributed by atoms with Crippen LogP contribution in [0.1, 0.15) is 15.9 Å². The van der Waals surface area contributed by atoms with Crippen LogP contribution in [0, 0.1) is 5.82 Å². The highest BCUT2D eigenvalue weighted by Crippen LogP contribution is 2.15. The zero-order valence-electron chi connectivity index (χ0n) is 11.2. The molecule has 0 heterocycles. The standard InChI is InChI=1S/C16H15ClFNO2/c17-12-6-7-14(15(18)9-12)16(21)19-13(10-20)8-11-4-2-1-3-5-11/h1-7,9,13,20H,8,10H2,(H,19,21)/t13-/m1/s1. The summed E-state index contributed by atoms with van der Waals surface area (Å²) in [7, 11) is 0. The van der Waals surface area contributed by atoms with Crippen LogP contribution in [0.5, 0.6) is 0 Å². The molecule has 21 heavy (non-hydrogen) atoms. The van der Waals surface area contributed by atoms with Crippen LogP contribution in [0.25, 0.3) is 0 Å². The van der Waals surface area contributed by atoms with Gasteiger partial charge in [-0.3, -0.25) is 4.79 Å². The number of halogens is 2. The normalized spacial score (nSPS) is 12.0. The minimum absolute atomic E-state index is 0.0917. The highest BCUT2D eigenvalue weighted by Gasteiger charge is 2.16.